The zero-order chi connectivity index (χ0) is 15.3. The second-order valence-corrected chi connectivity index (χ2v) is 4.12. The summed E-state index contributed by atoms with van der Waals surface area (Å²) in [6.45, 7) is 0.00328. The number of hydrogen-bond acceptors (Lipinski definition) is 3. The highest BCUT2D eigenvalue weighted by Crippen LogP contribution is 2.28. The number of aliphatic carboxylic acids is 1. The van der Waals surface area contributed by atoms with Gasteiger partial charge in [0.1, 0.15) is 6.04 Å². The van der Waals surface area contributed by atoms with E-state index in [9.17, 15) is 22.8 Å². The molecule has 1 aromatic rings. The number of rotatable bonds is 5. The van der Waals surface area contributed by atoms with Crippen LogP contribution in [0.3, 0.4) is 0 Å². The fourth-order valence-corrected chi connectivity index (χ4v) is 1.37. The molecule has 0 aromatic heterocycles. The maximum atomic E-state index is 12.3. The van der Waals surface area contributed by atoms with E-state index >= 15 is 0 Å². The second-order valence-electron chi connectivity index (χ2n) is 4.12. The molecule has 0 fully saturated rings. The smallest absolute Gasteiger partial charge is 0.416 e. The number of carbonyl (C=O) groups is 2. The third-order valence-corrected chi connectivity index (χ3v) is 2.49. The first-order valence-corrected chi connectivity index (χ1v) is 5.61. The van der Waals surface area contributed by atoms with Crippen molar-refractivity contribution in [3.8, 4) is 0 Å². The van der Waals surface area contributed by atoms with Crippen LogP contribution < -0.4 is 11.1 Å². The Morgan fingerprint density at radius 2 is 1.80 bits per heavy atom. The van der Waals surface area contributed by atoms with Crippen LogP contribution in [0.15, 0.2) is 24.3 Å². The number of carboxylic acids is 1. The molecule has 20 heavy (non-hydrogen) atoms. The van der Waals surface area contributed by atoms with Crippen LogP contribution in [-0.4, -0.2) is 23.0 Å². The van der Waals surface area contributed by atoms with Crippen molar-refractivity contribution in [1.82, 2.24) is 5.32 Å². The number of alkyl halides is 3. The first-order chi connectivity index (χ1) is 9.20. The molecule has 8 heteroatoms. The average Bonchev–Trinajstić information content (AvgIpc) is 2.35. The van der Waals surface area contributed by atoms with Gasteiger partial charge in [0, 0.05) is 6.54 Å². The summed E-state index contributed by atoms with van der Waals surface area (Å²) in [7, 11) is 0. The first-order valence-electron chi connectivity index (χ1n) is 5.61. The van der Waals surface area contributed by atoms with E-state index in [0.29, 0.717) is 5.56 Å². The van der Waals surface area contributed by atoms with Crippen molar-refractivity contribution in [3.63, 3.8) is 0 Å². The summed E-state index contributed by atoms with van der Waals surface area (Å²) < 4.78 is 36.9. The Morgan fingerprint density at radius 3 is 2.25 bits per heavy atom. The summed E-state index contributed by atoms with van der Waals surface area (Å²) >= 11 is 0. The summed E-state index contributed by atoms with van der Waals surface area (Å²) in [4.78, 5) is 21.8. The van der Waals surface area contributed by atoms with E-state index in [0.717, 1.165) is 12.1 Å². The van der Waals surface area contributed by atoms with Gasteiger partial charge in [-0.05, 0) is 17.7 Å². The minimum Gasteiger partial charge on any atom is -0.480 e. The maximum Gasteiger partial charge on any atom is 0.416 e. The molecule has 1 aromatic carbocycles. The molecule has 5 nitrogen and oxygen atoms in total. The fraction of sp³-hybridized carbons (Fsp3) is 0.333. The molecule has 0 radical (unpaired) electrons. The summed E-state index contributed by atoms with van der Waals surface area (Å²) in [5.41, 5.74) is 4.86. The van der Waals surface area contributed by atoms with E-state index in [1.807, 2.05) is 0 Å². The summed E-state index contributed by atoms with van der Waals surface area (Å²) in [5.74, 6) is -1.88. The van der Waals surface area contributed by atoms with E-state index < -0.39 is 36.1 Å². The minimum atomic E-state index is -4.41. The van der Waals surface area contributed by atoms with Crippen molar-refractivity contribution in [2.45, 2.75) is 25.2 Å². The van der Waals surface area contributed by atoms with Crippen LogP contribution >= 0.6 is 0 Å². The number of carboxylic acid groups (broad SMARTS) is 1. The molecule has 1 amide bonds. The number of carbonyl (C=O) groups excluding carboxylic acids is 1. The maximum absolute atomic E-state index is 12.3. The van der Waals surface area contributed by atoms with Crippen LogP contribution in [0.1, 0.15) is 17.5 Å². The van der Waals surface area contributed by atoms with Gasteiger partial charge in [-0.2, -0.15) is 13.2 Å². The summed E-state index contributed by atoms with van der Waals surface area (Å²) in [6, 6.07) is 2.98. The van der Waals surface area contributed by atoms with E-state index in [1.165, 1.54) is 12.1 Å². The Bertz CT molecular complexity index is 486. The highest BCUT2D eigenvalue weighted by molar-refractivity contribution is 5.84. The number of amides is 1. The normalized spacial score (nSPS) is 12.8. The lowest BCUT2D eigenvalue weighted by Gasteiger charge is -2.09. The molecule has 0 saturated carbocycles. The standard InChI is InChI=1S/C12H13F3N2O3/c13-12(14,15)8-3-1-7(2-4-8)6-17-10(18)5-9(16)11(19)20/h1-4,9H,5-6,16H2,(H,17,18)(H,19,20)/t9-/m0/s1. The topological polar surface area (TPSA) is 92.4 Å². The van der Waals surface area contributed by atoms with Gasteiger partial charge in [-0.1, -0.05) is 12.1 Å². The molecule has 0 heterocycles. The lowest BCUT2D eigenvalue weighted by atomic mass is 10.1. The largest absolute Gasteiger partial charge is 0.480 e. The Labute approximate surface area is 112 Å². The first kappa shape index (κ1) is 16.0. The van der Waals surface area contributed by atoms with Crippen LogP contribution in [0, 0.1) is 0 Å². The van der Waals surface area contributed by atoms with Crippen LogP contribution in [0.4, 0.5) is 13.2 Å². The number of nitrogens with two attached hydrogens (primary N) is 1. The zero-order valence-corrected chi connectivity index (χ0v) is 10.3. The van der Waals surface area contributed by atoms with Crippen molar-refractivity contribution in [1.29, 1.82) is 0 Å². The number of halogens is 3. The molecule has 1 rings (SSSR count). The molecule has 0 aliphatic heterocycles. The highest BCUT2D eigenvalue weighted by atomic mass is 19.4. The van der Waals surface area contributed by atoms with Crippen molar-refractivity contribution in [2.24, 2.45) is 5.73 Å². The molecular weight excluding hydrogens is 277 g/mol. The fourth-order valence-electron chi connectivity index (χ4n) is 1.37. The van der Waals surface area contributed by atoms with Crippen LogP contribution in [0.25, 0.3) is 0 Å². The Hall–Kier alpha value is -2.09. The average molecular weight is 290 g/mol. The quantitative estimate of drug-likeness (QED) is 0.757. The van der Waals surface area contributed by atoms with Gasteiger partial charge in [-0.3, -0.25) is 9.59 Å². The van der Waals surface area contributed by atoms with Gasteiger partial charge in [0.15, 0.2) is 0 Å². The van der Waals surface area contributed by atoms with E-state index in [-0.39, 0.29) is 6.54 Å². The molecule has 4 N–H and O–H groups in total. The zero-order valence-electron chi connectivity index (χ0n) is 10.3. The van der Waals surface area contributed by atoms with Crippen LogP contribution in [-0.2, 0) is 22.3 Å². The second kappa shape index (κ2) is 6.38. The Morgan fingerprint density at radius 1 is 1.25 bits per heavy atom. The highest BCUT2D eigenvalue weighted by Gasteiger charge is 2.29. The molecule has 0 bridgehead atoms. The molecule has 110 valence electrons. The van der Waals surface area contributed by atoms with Gasteiger partial charge in [-0.15, -0.1) is 0 Å². The van der Waals surface area contributed by atoms with Crippen LogP contribution in [0.2, 0.25) is 0 Å². The third kappa shape index (κ3) is 4.88. The van der Waals surface area contributed by atoms with Crippen molar-refractivity contribution >= 4 is 11.9 Å². The lowest BCUT2D eigenvalue weighted by molar-refractivity contribution is -0.140. The lowest BCUT2D eigenvalue weighted by Crippen LogP contribution is -2.36. The Balaban J connectivity index is 2.50. The predicted molar refractivity (Wildman–Crippen MR) is 63.5 cm³/mol. The molecule has 0 unspecified atom stereocenters. The molecular formula is C12H13F3N2O3. The van der Waals surface area contributed by atoms with Crippen molar-refractivity contribution < 1.29 is 27.9 Å². The molecule has 0 spiro atoms. The molecule has 1 atom stereocenters. The van der Waals surface area contributed by atoms with Gasteiger partial charge in [-0.25, -0.2) is 0 Å². The number of benzene rings is 1. The van der Waals surface area contributed by atoms with Crippen molar-refractivity contribution in [2.75, 3.05) is 0 Å². The molecule has 0 aliphatic rings. The van der Waals surface area contributed by atoms with Gasteiger partial charge >= 0.3 is 12.1 Å². The molecule has 0 saturated heterocycles. The van der Waals surface area contributed by atoms with E-state index in [2.05, 4.69) is 5.32 Å². The Kier molecular flexibility index (Phi) is 5.09. The number of hydrogen-bond donors (Lipinski definition) is 3. The minimum absolute atomic E-state index is 0.00328. The van der Waals surface area contributed by atoms with Gasteiger partial charge in [0.2, 0.25) is 5.91 Å². The summed E-state index contributed by atoms with van der Waals surface area (Å²) in [5, 5.41) is 10.9. The SMILES string of the molecule is N[C@@H](CC(=O)NCc1ccc(C(F)(F)F)cc1)C(=O)O. The molecule has 0 aliphatic carbocycles. The van der Waals surface area contributed by atoms with Crippen LogP contribution in [0.5, 0.6) is 0 Å². The monoisotopic (exact) mass is 290 g/mol. The van der Waals surface area contributed by atoms with Crippen molar-refractivity contribution in [3.05, 3.63) is 35.4 Å². The number of nitrogens with one attached hydrogen (secondary N) is 1. The van der Waals surface area contributed by atoms with Gasteiger partial charge in [0.25, 0.3) is 0 Å². The van der Waals surface area contributed by atoms with E-state index in [1.54, 1.807) is 0 Å². The predicted octanol–water partition coefficient (Wildman–Crippen LogP) is 1.12. The van der Waals surface area contributed by atoms with E-state index in [4.69, 9.17) is 10.8 Å². The van der Waals surface area contributed by atoms with Gasteiger partial charge in [0.05, 0.1) is 12.0 Å². The van der Waals surface area contributed by atoms with Gasteiger partial charge < -0.3 is 16.2 Å². The third-order valence-electron chi connectivity index (χ3n) is 2.49. The summed E-state index contributed by atoms with van der Waals surface area (Å²) in [6.07, 6.45) is -4.80.